The zero-order valence-electron chi connectivity index (χ0n) is 6.06. The van der Waals surface area contributed by atoms with E-state index in [-0.39, 0.29) is 0 Å². The lowest BCUT2D eigenvalue weighted by Gasteiger charge is -2.08. The maximum absolute atomic E-state index is 9.87. The lowest BCUT2D eigenvalue weighted by molar-refractivity contribution is 0.0414. The average molecular weight is 180 g/mol. The molecule has 0 aromatic rings. The summed E-state index contributed by atoms with van der Waals surface area (Å²) in [7, 11) is -3.03. The number of hydrogen-bond acceptors (Lipinski definition) is 4. The Morgan fingerprint density at radius 3 is 1.82 bits per heavy atom. The summed E-state index contributed by atoms with van der Waals surface area (Å²) in [5.41, 5.74) is 0. The zero-order chi connectivity index (χ0) is 9.28. The van der Waals surface area contributed by atoms with Crippen molar-refractivity contribution < 1.29 is 23.9 Å². The molecule has 0 atom stereocenters. The molecule has 0 saturated heterocycles. The predicted molar refractivity (Wildman–Crippen MR) is 39.0 cm³/mol. The molecule has 0 fully saturated rings. The summed E-state index contributed by atoms with van der Waals surface area (Å²) < 4.78 is 14.0. The normalized spacial score (nSPS) is 8.27. The molecular weight excluding hydrogens is 168 g/mol. The smallest absolute Gasteiger partial charge is 0.511 e. The fraction of sp³-hybridized carbons (Fsp3) is 0.600. The maximum atomic E-state index is 9.87. The van der Waals surface area contributed by atoms with Crippen LogP contribution in [0.2, 0.25) is 0 Å². The van der Waals surface area contributed by atoms with Crippen molar-refractivity contribution in [2.45, 2.75) is 6.10 Å². The highest BCUT2D eigenvalue weighted by Gasteiger charge is 2.12. The van der Waals surface area contributed by atoms with E-state index in [0.717, 1.165) is 0 Å². The third-order valence-corrected chi connectivity index (χ3v) is 1.21. The van der Waals surface area contributed by atoms with Gasteiger partial charge in [0.15, 0.2) is 0 Å². The van der Waals surface area contributed by atoms with E-state index in [2.05, 4.69) is 17.6 Å². The van der Waals surface area contributed by atoms with Gasteiger partial charge in [-0.3, -0.25) is 4.46 Å². The van der Waals surface area contributed by atoms with Crippen LogP contribution in [0.1, 0.15) is 0 Å². The summed E-state index contributed by atoms with van der Waals surface area (Å²) in [5.74, 6) is 0. The summed E-state index contributed by atoms with van der Waals surface area (Å²) in [4.78, 5) is 8.09. The molecular formula is C5H12O5Si. The minimum Gasteiger partial charge on any atom is -0.511 e. The van der Waals surface area contributed by atoms with Crippen molar-refractivity contribution in [1.29, 1.82) is 0 Å². The predicted octanol–water partition coefficient (Wildman–Crippen LogP) is -1.43. The SMILES string of the molecule is C=C.O=[Si](O)OC(CO)CO. The van der Waals surface area contributed by atoms with Crippen molar-refractivity contribution in [3.8, 4) is 0 Å². The van der Waals surface area contributed by atoms with E-state index in [1.54, 1.807) is 0 Å². The van der Waals surface area contributed by atoms with Gasteiger partial charge >= 0.3 is 9.17 Å². The van der Waals surface area contributed by atoms with Crippen LogP contribution in [0.25, 0.3) is 0 Å². The standard InChI is InChI=1S/C3H8O5Si.C2H4/c4-1-3(2-5)8-9(6)7;1-2/h3-6H,1-2H2;1-2H2. The minimum absolute atomic E-state index is 0.451. The Morgan fingerprint density at radius 1 is 1.36 bits per heavy atom. The van der Waals surface area contributed by atoms with Crippen molar-refractivity contribution in [1.82, 2.24) is 0 Å². The number of aliphatic hydroxyl groups is 2. The van der Waals surface area contributed by atoms with E-state index in [0.29, 0.717) is 0 Å². The summed E-state index contributed by atoms with van der Waals surface area (Å²) in [6.45, 7) is 5.10. The van der Waals surface area contributed by atoms with Crippen molar-refractivity contribution >= 4 is 9.17 Å². The van der Waals surface area contributed by atoms with Crippen LogP contribution in [0.3, 0.4) is 0 Å². The summed E-state index contributed by atoms with van der Waals surface area (Å²) in [6, 6.07) is 0. The monoisotopic (exact) mass is 180 g/mol. The van der Waals surface area contributed by atoms with E-state index in [1.165, 1.54) is 0 Å². The second-order valence-electron chi connectivity index (χ2n) is 1.37. The van der Waals surface area contributed by atoms with Crippen LogP contribution in [-0.2, 0) is 8.89 Å². The molecule has 6 heteroatoms. The van der Waals surface area contributed by atoms with Crippen LogP contribution in [0, 0.1) is 0 Å². The molecule has 0 aromatic heterocycles. The summed E-state index contributed by atoms with van der Waals surface area (Å²) >= 11 is 0. The highest BCUT2D eigenvalue weighted by Crippen LogP contribution is 1.85. The van der Waals surface area contributed by atoms with Crippen LogP contribution in [-0.4, -0.2) is 43.5 Å². The van der Waals surface area contributed by atoms with Gasteiger partial charge in [-0.2, -0.15) is 0 Å². The second kappa shape index (κ2) is 9.28. The summed E-state index contributed by atoms with van der Waals surface area (Å²) in [6.07, 6.45) is -0.929. The van der Waals surface area contributed by atoms with Crippen LogP contribution >= 0.6 is 0 Å². The van der Waals surface area contributed by atoms with E-state index < -0.39 is 28.5 Å². The molecule has 3 N–H and O–H groups in total. The van der Waals surface area contributed by atoms with Gasteiger partial charge in [-0.15, -0.1) is 13.2 Å². The number of aliphatic hydroxyl groups excluding tert-OH is 2. The van der Waals surface area contributed by atoms with Crippen LogP contribution in [0.5, 0.6) is 0 Å². The molecule has 0 saturated carbocycles. The Hall–Kier alpha value is -0.723. The molecule has 0 aliphatic rings. The molecule has 0 radical (unpaired) electrons. The van der Waals surface area contributed by atoms with Gasteiger partial charge < -0.3 is 19.4 Å². The Balaban J connectivity index is 0. The van der Waals surface area contributed by atoms with Gasteiger partial charge in [-0.05, 0) is 0 Å². The molecule has 0 heterocycles. The van der Waals surface area contributed by atoms with Crippen molar-refractivity contribution in [3.05, 3.63) is 13.2 Å². The summed E-state index contributed by atoms with van der Waals surface area (Å²) in [5, 5.41) is 16.5. The first-order valence-electron chi connectivity index (χ1n) is 2.82. The molecule has 11 heavy (non-hydrogen) atoms. The van der Waals surface area contributed by atoms with E-state index >= 15 is 0 Å². The van der Waals surface area contributed by atoms with E-state index in [9.17, 15) is 4.46 Å². The van der Waals surface area contributed by atoms with Crippen molar-refractivity contribution in [2.75, 3.05) is 13.2 Å². The highest BCUT2D eigenvalue weighted by molar-refractivity contribution is 6.24. The molecule has 0 aromatic carbocycles. The minimum atomic E-state index is -3.03. The molecule has 0 aliphatic heterocycles. The zero-order valence-corrected chi connectivity index (χ0v) is 7.06. The third kappa shape index (κ3) is 9.28. The lowest BCUT2D eigenvalue weighted by atomic mass is 10.4. The Labute approximate surface area is 66.5 Å². The molecule has 0 amide bonds. The van der Waals surface area contributed by atoms with Gasteiger partial charge in [0, 0.05) is 0 Å². The molecule has 0 bridgehead atoms. The Kier molecular flexibility index (Phi) is 10.9. The van der Waals surface area contributed by atoms with E-state index in [4.69, 9.17) is 15.0 Å². The third-order valence-electron chi connectivity index (χ3n) is 0.675. The fourth-order valence-electron chi connectivity index (χ4n) is 0.275. The van der Waals surface area contributed by atoms with E-state index in [1.807, 2.05) is 0 Å². The van der Waals surface area contributed by atoms with Gasteiger partial charge in [0.05, 0.1) is 13.2 Å². The molecule has 5 nitrogen and oxygen atoms in total. The van der Waals surface area contributed by atoms with Crippen molar-refractivity contribution in [2.24, 2.45) is 0 Å². The van der Waals surface area contributed by atoms with Gasteiger partial charge in [0.2, 0.25) is 0 Å². The maximum Gasteiger partial charge on any atom is 0.765 e. The van der Waals surface area contributed by atoms with Crippen LogP contribution < -0.4 is 0 Å². The topological polar surface area (TPSA) is 87.0 Å². The van der Waals surface area contributed by atoms with Crippen LogP contribution in [0.4, 0.5) is 0 Å². The first-order valence-corrected chi connectivity index (χ1v) is 4.08. The average Bonchev–Trinajstić information content (AvgIpc) is 2.03. The molecule has 0 rings (SSSR count). The van der Waals surface area contributed by atoms with Gasteiger partial charge in [0.25, 0.3) is 0 Å². The lowest BCUT2D eigenvalue weighted by Crippen LogP contribution is -2.26. The van der Waals surface area contributed by atoms with Crippen molar-refractivity contribution in [3.63, 3.8) is 0 Å². The molecule has 66 valence electrons. The molecule has 0 aliphatic carbocycles. The Bertz CT molecular complexity index is 103. The largest absolute Gasteiger partial charge is 0.765 e. The fourth-order valence-corrected chi connectivity index (χ4v) is 0.709. The number of hydrogen-bond donors (Lipinski definition) is 3. The number of rotatable bonds is 4. The molecule has 0 spiro atoms. The van der Waals surface area contributed by atoms with Gasteiger partial charge in [-0.1, -0.05) is 0 Å². The first kappa shape index (κ1) is 12.9. The van der Waals surface area contributed by atoms with Crippen LogP contribution in [0.15, 0.2) is 13.2 Å². The molecule has 0 unspecified atom stereocenters. The first-order chi connectivity index (χ1) is 5.20. The highest BCUT2D eigenvalue weighted by atomic mass is 28.3. The van der Waals surface area contributed by atoms with Gasteiger partial charge in [0.1, 0.15) is 6.10 Å². The van der Waals surface area contributed by atoms with Gasteiger partial charge in [-0.25, -0.2) is 0 Å². The quantitative estimate of drug-likeness (QED) is 0.364. The Morgan fingerprint density at radius 2 is 1.73 bits per heavy atom. The second-order valence-corrected chi connectivity index (χ2v) is 2.14.